The maximum atomic E-state index is 9.44. The lowest BCUT2D eigenvalue weighted by molar-refractivity contribution is 0.322. The molecule has 0 aliphatic carbocycles. The van der Waals surface area contributed by atoms with Gasteiger partial charge in [0, 0.05) is 26.8 Å². The number of halogens is 1. The molecule has 2 N–H and O–H groups in total. The number of hydrogen-bond donors (Lipinski definition) is 2. The fourth-order valence-corrected chi connectivity index (χ4v) is 2.93. The van der Waals surface area contributed by atoms with E-state index in [1.165, 1.54) is 6.21 Å². The van der Waals surface area contributed by atoms with Crippen LogP contribution in [0.4, 0.5) is 0 Å². The van der Waals surface area contributed by atoms with Crippen LogP contribution in [0.3, 0.4) is 0 Å². The fraction of sp³-hybridized carbons (Fsp3) is 0.0625. The molecule has 0 aliphatic heterocycles. The highest BCUT2D eigenvalue weighted by Gasteiger charge is 2.14. The Morgan fingerprint density at radius 1 is 1.14 bits per heavy atom. The van der Waals surface area contributed by atoms with Gasteiger partial charge in [0.15, 0.2) is 0 Å². The molecule has 4 nitrogen and oxygen atoms in total. The second-order valence-corrected chi connectivity index (χ2v) is 5.67. The molecule has 0 fully saturated rings. The van der Waals surface area contributed by atoms with Crippen molar-refractivity contribution >= 4 is 33.0 Å². The van der Waals surface area contributed by atoms with Crippen LogP contribution in [-0.2, 0) is 0 Å². The van der Waals surface area contributed by atoms with E-state index in [0.29, 0.717) is 0 Å². The number of hydrogen-bond acceptors (Lipinski definition) is 3. The molecule has 21 heavy (non-hydrogen) atoms. The van der Waals surface area contributed by atoms with E-state index in [0.717, 1.165) is 32.3 Å². The molecule has 0 unspecified atom stereocenters. The summed E-state index contributed by atoms with van der Waals surface area (Å²) >= 11 is 3.47. The molecular weight excluding hydrogens is 332 g/mol. The van der Waals surface area contributed by atoms with E-state index >= 15 is 0 Å². The Morgan fingerprint density at radius 3 is 2.52 bits per heavy atom. The first kappa shape index (κ1) is 13.7. The minimum atomic E-state index is 0.229. The van der Waals surface area contributed by atoms with Crippen LogP contribution in [0, 0.1) is 6.92 Å². The van der Waals surface area contributed by atoms with Crippen LogP contribution >= 0.6 is 15.9 Å². The first-order valence-corrected chi connectivity index (χ1v) is 7.18. The van der Waals surface area contributed by atoms with Crippen molar-refractivity contribution in [2.45, 2.75) is 6.92 Å². The first-order valence-electron chi connectivity index (χ1n) is 6.39. The molecule has 3 rings (SSSR count). The number of oxime groups is 1. The van der Waals surface area contributed by atoms with Gasteiger partial charge < -0.3 is 14.9 Å². The monoisotopic (exact) mass is 344 g/mol. The largest absolute Gasteiger partial charge is 0.508 e. The summed E-state index contributed by atoms with van der Waals surface area (Å²) in [6, 6.07) is 13.0. The highest BCUT2D eigenvalue weighted by molar-refractivity contribution is 9.10. The minimum Gasteiger partial charge on any atom is -0.508 e. The number of benzene rings is 2. The Balaban J connectivity index is 2.37. The summed E-state index contributed by atoms with van der Waals surface area (Å²) in [5, 5.41) is 22.5. The molecule has 0 bridgehead atoms. The van der Waals surface area contributed by atoms with Crippen molar-refractivity contribution in [3.63, 3.8) is 0 Å². The third kappa shape index (κ3) is 2.29. The Bertz CT molecular complexity index is 836. The quantitative estimate of drug-likeness (QED) is 0.415. The number of phenolic OH excluding ortho intramolecular Hbond substituents is 1. The molecule has 5 heteroatoms. The third-order valence-corrected chi connectivity index (χ3v) is 4.00. The molecule has 0 amide bonds. The molecule has 0 saturated heterocycles. The van der Waals surface area contributed by atoms with E-state index in [9.17, 15) is 5.11 Å². The van der Waals surface area contributed by atoms with Gasteiger partial charge in [-0.25, -0.2) is 0 Å². The van der Waals surface area contributed by atoms with Gasteiger partial charge in [-0.2, -0.15) is 0 Å². The highest BCUT2D eigenvalue weighted by atomic mass is 79.9. The van der Waals surface area contributed by atoms with Gasteiger partial charge in [0.25, 0.3) is 0 Å². The molecule has 1 aromatic heterocycles. The molecule has 106 valence electrons. The van der Waals surface area contributed by atoms with Crippen LogP contribution in [0.25, 0.3) is 16.6 Å². The van der Waals surface area contributed by atoms with E-state index in [1.807, 2.05) is 37.3 Å². The van der Waals surface area contributed by atoms with Gasteiger partial charge >= 0.3 is 0 Å². The zero-order chi connectivity index (χ0) is 15.0. The predicted octanol–water partition coefficient (Wildman–Crippen LogP) is 4.22. The number of nitrogens with zero attached hydrogens (tertiary/aromatic N) is 2. The zero-order valence-corrected chi connectivity index (χ0v) is 12.9. The van der Waals surface area contributed by atoms with Crippen molar-refractivity contribution in [1.29, 1.82) is 0 Å². The van der Waals surface area contributed by atoms with E-state index in [1.54, 1.807) is 12.1 Å². The van der Waals surface area contributed by atoms with E-state index in [-0.39, 0.29) is 5.75 Å². The predicted molar refractivity (Wildman–Crippen MR) is 86.8 cm³/mol. The summed E-state index contributed by atoms with van der Waals surface area (Å²) in [5.74, 6) is 0.229. The van der Waals surface area contributed by atoms with Crippen molar-refractivity contribution < 1.29 is 10.3 Å². The lowest BCUT2D eigenvalue weighted by Crippen LogP contribution is -1.97. The molecular formula is C16H13BrN2O2. The summed E-state index contributed by atoms with van der Waals surface area (Å²) in [4.78, 5) is 0. The molecule has 0 atom stereocenters. The van der Waals surface area contributed by atoms with E-state index in [4.69, 9.17) is 5.21 Å². The molecule has 0 saturated carbocycles. The number of fused-ring (bicyclic) bond motifs is 1. The van der Waals surface area contributed by atoms with E-state index in [2.05, 4.69) is 25.7 Å². The number of aromatic nitrogens is 1. The average molecular weight is 345 g/mol. The lowest BCUT2D eigenvalue weighted by Gasteiger charge is -2.08. The van der Waals surface area contributed by atoms with Gasteiger partial charge in [-0.3, -0.25) is 0 Å². The van der Waals surface area contributed by atoms with Crippen molar-refractivity contribution in [1.82, 2.24) is 4.57 Å². The van der Waals surface area contributed by atoms with Crippen LogP contribution in [0.5, 0.6) is 5.75 Å². The SMILES string of the molecule is Cc1c(/C=N/O)c2cc(Br)ccc2n1-c1ccc(O)cc1. The summed E-state index contributed by atoms with van der Waals surface area (Å²) in [6.45, 7) is 1.97. The second kappa shape index (κ2) is 5.26. The average Bonchev–Trinajstić information content (AvgIpc) is 2.73. The number of phenols is 1. The number of aromatic hydroxyl groups is 1. The molecule has 2 aromatic carbocycles. The van der Waals surface area contributed by atoms with Crippen LogP contribution < -0.4 is 0 Å². The molecule has 0 radical (unpaired) electrons. The van der Waals surface area contributed by atoms with Crippen LogP contribution in [0.15, 0.2) is 52.1 Å². The zero-order valence-electron chi connectivity index (χ0n) is 11.3. The van der Waals surface area contributed by atoms with Crippen molar-refractivity contribution in [2.75, 3.05) is 0 Å². The Kier molecular flexibility index (Phi) is 3.43. The van der Waals surface area contributed by atoms with Crippen LogP contribution in [0.1, 0.15) is 11.3 Å². The van der Waals surface area contributed by atoms with Gasteiger partial charge in [0.2, 0.25) is 0 Å². The van der Waals surface area contributed by atoms with E-state index < -0.39 is 0 Å². The lowest BCUT2D eigenvalue weighted by atomic mass is 10.1. The Hall–Kier alpha value is -2.27. The van der Waals surface area contributed by atoms with Crippen molar-refractivity contribution in [3.8, 4) is 11.4 Å². The summed E-state index contributed by atoms with van der Waals surface area (Å²) in [5.41, 5.74) is 3.78. The maximum absolute atomic E-state index is 9.44. The Morgan fingerprint density at radius 2 is 1.86 bits per heavy atom. The molecule has 0 aliphatic rings. The minimum absolute atomic E-state index is 0.229. The van der Waals surface area contributed by atoms with Gasteiger partial charge in [-0.15, -0.1) is 0 Å². The molecule has 0 spiro atoms. The second-order valence-electron chi connectivity index (χ2n) is 4.76. The summed E-state index contributed by atoms with van der Waals surface area (Å²) in [6.07, 6.45) is 1.45. The normalized spacial score (nSPS) is 11.5. The maximum Gasteiger partial charge on any atom is 0.115 e. The summed E-state index contributed by atoms with van der Waals surface area (Å²) in [7, 11) is 0. The third-order valence-electron chi connectivity index (χ3n) is 3.51. The van der Waals surface area contributed by atoms with Gasteiger partial charge in [0.05, 0.1) is 11.7 Å². The standard InChI is InChI=1S/C16H13BrN2O2/c1-10-15(9-18-21)14-8-11(17)2-7-16(14)19(10)12-3-5-13(20)6-4-12/h2-9,20-21H,1H3/b18-9+. The van der Waals surface area contributed by atoms with Crippen LogP contribution in [-0.4, -0.2) is 21.1 Å². The van der Waals surface area contributed by atoms with Crippen molar-refractivity contribution in [2.24, 2.45) is 5.16 Å². The fourth-order valence-electron chi connectivity index (χ4n) is 2.57. The first-order chi connectivity index (χ1) is 10.1. The van der Waals surface area contributed by atoms with Gasteiger partial charge in [-0.1, -0.05) is 21.1 Å². The van der Waals surface area contributed by atoms with Gasteiger partial charge in [-0.05, 0) is 49.4 Å². The van der Waals surface area contributed by atoms with Gasteiger partial charge in [0.1, 0.15) is 5.75 Å². The Labute approximate surface area is 130 Å². The smallest absolute Gasteiger partial charge is 0.115 e. The van der Waals surface area contributed by atoms with Crippen LogP contribution in [0.2, 0.25) is 0 Å². The molecule has 1 heterocycles. The summed E-state index contributed by atoms with van der Waals surface area (Å²) < 4.78 is 3.03. The van der Waals surface area contributed by atoms with Crippen molar-refractivity contribution in [3.05, 3.63) is 58.2 Å². The molecule has 3 aromatic rings. The highest BCUT2D eigenvalue weighted by Crippen LogP contribution is 2.30. The number of rotatable bonds is 2. The topological polar surface area (TPSA) is 57.8 Å².